The second-order valence-electron chi connectivity index (χ2n) is 9.79. The van der Waals surface area contributed by atoms with Crippen molar-refractivity contribution < 1.29 is 0 Å². The van der Waals surface area contributed by atoms with Crippen molar-refractivity contribution in [2.75, 3.05) is 0 Å². The smallest absolute Gasteiger partial charge is 0.0332 e. The van der Waals surface area contributed by atoms with Crippen LogP contribution in [0, 0.1) is 0 Å². The van der Waals surface area contributed by atoms with Crippen molar-refractivity contribution >= 4 is 69.8 Å². The Hall–Kier alpha value is -4.20. The molecule has 0 aromatic heterocycles. The van der Waals surface area contributed by atoms with Gasteiger partial charge in [-0.3, -0.25) is 0 Å². The molecule has 8 aromatic rings. The molecule has 0 saturated carbocycles. The summed E-state index contributed by atoms with van der Waals surface area (Å²) in [6, 6.07) is 46.6. The lowest BCUT2D eigenvalue weighted by molar-refractivity contribution is 1.66. The first-order valence-corrected chi connectivity index (χ1v) is 13.4. The highest BCUT2D eigenvalue weighted by Gasteiger charge is 2.18. The molecule has 0 nitrogen and oxygen atoms in total. The van der Waals surface area contributed by atoms with Gasteiger partial charge in [-0.25, -0.2) is 0 Å². The van der Waals surface area contributed by atoms with Crippen LogP contribution in [0.4, 0.5) is 0 Å². The minimum Gasteiger partial charge on any atom is -0.0622 e. The summed E-state index contributed by atoms with van der Waals surface area (Å²) in [5.74, 6) is 0. The summed E-state index contributed by atoms with van der Waals surface area (Å²) in [6.07, 6.45) is 0. The van der Waals surface area contributed by atoms with Crippen molar-refractivity contribution in [3.63, 3.8) is 0 Å². The monoisotopic (exact) mass is 532 g/mol. The van der Waals surface area contributed by atoms with E-state index in [1.807, 2.05) is 0 Å². The van der Waals surface area contributed by atoms with E-state index in [1.165, 1.54) is 76.1 Å². The number of rotatable bonds is 2. The highest BCUT2D eigenvalue weighted by atomic mass is 79.9. The highest BCUT2D eigenvalue weighted by Crippen LogP contribution is 2.46. The van der Waals surface area contributed by atoms with E-state index in [2.05, 4.69) is 143 Å². The maximum Gasteiger partial charge on any atom is 0.0332 e. The van der Waals surface area contributed by atoms with E-state index in [0.29, 0.717) is 0 Å². The van der Waals surface area contributed by atoms with Gasteiger partial charge in [-0.1, -0.05) is 127 Å². The molecule has 0 saturated heterocycles. The van der Waals surface area contributed by atoms with Gasteiger partial charge < -0.3 is 0 Å². The van der Waals surface area contributed by atoms with Gasteiger partial charge in [-0.05, 0) is 92.0 Å². The second kappa shape index (κ2) is 7.90. The molecule has 0 fully saturated rings. The van der Waals surface area contributed by atoms with Crippen LogP contribution in [-0.2, 0) is 0 Å². The Morgan fingerprint density at radius 1 is 0.351 bits per heavy atom. The summed E-state index contributed by atoms with van der Waals surface area (Å²) in [7, 11) is 0. The number of hydrogen-bond acceptors (Lipinski definition) is 0. The van der Waals surface area contributed by atoms with E-state index in [-0.39, 0.29) is 0 Å². The normalized spacial score (nSPS) is 11.9. The maximum absolute atomic E-state index is 3.92. The van der Waals surface area contributed by atoms with Crippen LogP contribution >= 0.6 is 15.9 Å². The first-order valence-electron chi connectivity index (χ1n) is 12.6. The molecule has 8 aromatic carbocycles. The predicted molar refractivity (Wildman–Crippen MR) is 164 cm³/mol. The van der Waals surface area contributed by atoms with Gasteiger partial charge in [0.15, 0.2) is 0 Å². The third-order valence-electron chi connectivity index (χ3n) is 7.88. The van der Waals surface area contributed by atoms with Gasteiger partial charge in [-0.2, -0.15) is 0 Å². The fraction of sp³-hybridized carbons (Fsp3) is 0. The van der Waals surface area contributed by atoms with Gasteiger partial charge in [0.05, 0.1) is 0 Å². The number of halogens is 1. The van der Waals surface area contributed by atoms with Crippen LogP contribution in [0.5, 0.6) is 0 Å². The van der Waals surface area contributed by atoms with E-state index in [1.54, 1.807) is 0 Å². The minimum absolute atomic E-state index is 1.16. The van der Waals surface area contributed by atoms with Gasteiger partial charge in [0.25, 0.3) is 0 Å². The Bertz CT molecular complexity index is 2080. The van der Waals surface area contributed by atoms with Crippen molar-refractivity contribution in [1.29, 1.82) is 0 Å². The van der Waals surface area contributed by atoms with Crippen LogP contribution < -0.4 is 0 Å². The molecule has 0 atom stereocenters. The molecular formula is C36H21Br. The van der Waals surface area contributed by atoms with Crippen molar-refractivity contribution in [3.05, 3.63) is 132 Å². The average Bonchev–Trinajstić information content (AvgIpc) is 2.97. The van der Waals surface area contributed by atoms with Crippen LogP contribution in [0.25, 0.3) is 76.1 Å². The molecule has 0 spiro atoms. The van der Waals surface area contributed by atoms with Crippen molar-refractivity contribution in [2.24, 2.45) is 0 Å². The molecule has 0 bridgehead atoms. The van der Waals surface area contributed by atoms with Crippen molar-refractivity contribution in [3.8, 4) is 22.3 Å². The quantitative estimate of drug-likeness (QED) is 0.153. The van der Waals surface area contributed by atoms with Crippen LogP contribution in [0.3, 0.4) is 0 Å². The number of fused-ring (bicyclic) bond motifs is 2. The van der Waals surface area contributed by atoms with E-state index in [0.717, 1.165) is 4.47 Å². The van der Waals surface area contributed by atoms with Gasteiger partial charge in [0.2, 0.25) is 0 Å². The molecule has 0 aliphatic carbocycles. The van der Waals surface area contributed by atoms with Gasteiger partial charge in [0, 0.05) is 4.47 Å². The minimum atomic E-state index is 1.16. The topological polar surface area (TPSA) is 0 Å². The Kier molecular flexibility index (Phi) is 4.47. The van der Waals surface area contributed by atoms with E-state index >= 15 is 0 Å². The number of hydrogen-bond donors (Lipinski definition) is 0. The third kappa shape index (κ3) is 2.95. The van der Waals surface area contributed by atoms with Crippen LogP contribution in [-0.4, -0.2) is 0 Å². The Morgan fingerprint density at radius 3 is 1.41 bits per heavy atom. The van der Waals surface area contributed by atoms with Crippen LogP contribution in [0.2, 0.25) is 0 Å². The maximum atomic E-state index is 3.92. The molecular weight excluding hydrogens is 512 g/mol. The zero-order valence-electron chi connectivity index (χ0n) is 20.0. The standard InChI is InChI=1S/C36H21Br/c37-36-31-12-6-4-10-26(31)35(27-11-5-7-13-32(27)36)30-21-17-24-15-19-28-25(22-8-2-1-3-9-22)18-14-23-16-20-29(30)34(24)33(23)28/h1-21H. The molecule has 0 amide bonds. The summed E-state index contributed by atoms with van der Waals surface area (Å²) < 4.78 is 1.16. The summed E-state index contributed by atoms with van der Waals surface area (Å²) in [6.45, 7) is 0. The molecule has 0 heterocycles. The zero-order chi connectivity index (χ0) is 24.5. The molecule has 1 heteroatoms. The second-order valence-corrected chi connectivity index (χ2v) is 10.6. The highest BCUT2D eigenvalue weighted by molar-refractivity contribution is 9.10. The average molecular weight is 533 g/mol. The van der Waals surface area contributed by atoms with Crippen molar-refractivity contribution in [1.82, 2.24) is 0 Å². The summed E-state index contributed by atoms with van der Waals surface area (Å²) in [5, 5.41) is 12.9. The SMILES string of the molecule is Brc1c2ccccc2c(-c2ccc3ccc4c(-c5ccccc5)ccc5ccc2c3c54)c2ccccc12. The molecule has 0 aliphatic heterocycles. The van der Waals surface area contributed by atoms with E-state index < -0.39 is 0 Å². The van der Waals surface area contributed by atoms with Gasteiger partial charge in [-0.15, -0.1) is 0 Å². The van der Waals surface area contributed by atoms with Gasteiger partial charge in [0.1, 0.15) is 0 Å². The third-order valence-corrected chi connectivity index (χ3v) is 8.74. The summed E-state index contributed by atoms with van der Waals surface area (Å²) in [4.78, 5) is 0. The molecule has 0 radical (unpaired) electrons. The molecule has 0 unspecified atom stereocenters. The number of benzene rings is 8. The Morgan fingerprint density at radius 2 is 0.811 bits per heavy atom. The Labute approximate surface area is 223 Å². The molecule has 172 valence electrons. The first kappa shape index (κ1) is 20.9. The molecule has 37 heavy (non-hydrogen) atoms. The van der Waals surface area contributed by atoms with E-state index in [4.69, 9.17) is 0 Å². The molecule has 0 aliphatic rings. The zero-order valence-corrected chi connectivity index (χ0v) is 21.6. The summed E-state index contributed by atoms with van der Waals surface area (Å²) >= 11 is 3.92. The van der Waals surface area contributed by atoms with E-state index in [9.17, 15) is 0 Å². The lowest BCUT2D eigenvalue weighted by Gasteiger charge is -2.19. The predicted octanol–water partition coefficient (Wildman–Crippen LogP) is 11.0. The molecule has 8 rings (SSSR count). The van der Waals surface area contributed by atoms with Crippen LogP contribution in [0.15, 0.2) is 132 Å². The lowest BCUT2D eigenvalue weighted by atomic mass is 9.85. The molecule has 0 N–H and O–H groups in total. The van der Waals surface area contributed by atoms with Gasteiger partial charge >= 0.3 is 0 Å². The lowest BCUT2D eigenvalue weighted by Crippen LogP contribution is -1.91. The fourth-order valence-corrected chi connectivity index (χ4v) is 6.95. The largest absolute Gasteiger partial charge is 0.0622 e. The van der Waals surface area contributed by atoms with Crippen LogP contribution in [0.1, 0.15) is 0 Å². The fourth-order valence-electron chi connectivity index (χ4n) is 6.25. The summed E-state index contributed by atoms with van der Waals surface area (Å²) in [5.41, 5.74) is 5.13. The van der Waals surface area contributed by atoms with Crippen molar-refractivity contribution in [2.45, 2.75) is 0 Å². The first-order chi connectivity index (χ1) is 18.3. The Balaban J connectivity index is 1.55.